The van der Waals surface area contributed by atoms with E-state index >= 15 is 0 Å². The molecule has 1 atom stereocenters. The lowest BCUT2D eigenvalue weighted by atomic mass is 9.81. The van der Waals surface area contributed by atoms with Gasteiger partial charge in [-0.2, -0.15) is 0 Å². The zero-order valence-electron chi connectivity index (χ0n) is 10.4. The molecule has 0 aliphatic heterocycles. The molecule has 2 aromatic carbocycles. The predicted molar refractivity (Wildman–Crippen MR) is 73.1 cm³/mol. The molecule has 0 saturated carbocycles. The van der Waals surface area contributed by atoms with Crippen LogP contribution in [0, 0.1) is 5.92 Å². The number of amides is 1. The average molecular weight is 239 g/mol. The van der Waals surface area contributed by atoms with Crippen LogP contribution in [0.5, 0.6) is 0 Å². The largest absolute Gasteiger partial charge is 0.369 e. The molecule has 2 rings (SSSR count). The van der Waals surface area contributed by atoms with E-state index < -0.39 is 0 Å². The second kappa shape index (κ2) is 5.50. The number of rotatable bonds is 4. The van der Waals surface area contributed by atoms with Gasteiger partial charge in [0.2, 0.25) is 5.91 Å². The van der Waals surface area contributed by atoms with Crippen molar-refractivity contribution >= 4 is 5.91 Å². The number of hydrogen-bond donors (Lipinski definition) is 1. The van der Waals surface area contributed by atoms with Crippen molar-refractivity contribution in [1.82, 2.24) is 0 Å². The van der Waals surface area contributed by atoms with E-state index in [1.54, 1.807) is 0 Å². The van der Waals surface area contributed by atoms with Crippen molar-refractivity contribution < 1.29 is 4.79 Å². The maximum atomic E-state index is 11.5. The lowest BCUT2D eigenvalue weighted by molar-refractivity contribution is -0.121. The highest BCUT2D eigenvalue weighted by Crippen LogP contribution is 2.31. The third-order valence-corrected chi connectivity index (χ3v) is 3.27. The normalized spacial score (nSPS) is 12.3. The first-order chi connectivity index (χ1) is 8.70. The molecule has 2 nitrogen and oxygen atoms in total. The molecule has 0 saturated heterocycles. The Morgan fingerprint density at radius 1 is 0.889 bits per heavy atom. The van der Waals surface area contributed by atoms with Crippen LogP contribution in [0.15, 0.2) is 60.7 Å². The molecule has 0 aliphatic carbocycles. The lowest BCUT2D eigenvalue weighted by Gasteiger charge is -2.22. The quantitative estimate of drug-likeness (QED) is 0.875. The number of primary amides is 1. The minimum absolute atomic E-state index is 0.0184. The summed E-state index contributed by atoms with van der Waals surface area (Å²) in [7, 11) is 0. The Balaban J connectivity index is 2.45. The molecule has 0 spiro atoms. The summed E-state index contributed by atoms with van der Waals surface area (Å²) < 4.78 is 0. The summed E-state index contributed by atoms with van der Waals surface area (Å²) >= 11 is 0. The molecular formula is C16H17NO. The molecule has 2 heteroatoms. The molecule has 0 aliphatic rings. The van der Waals surface area contributed by atoms with Crippen molar-refractivity contribution in [3.63, 3.8) is 0 Å². The molecule has 2 N–H and O–H groups in total. The molecule has 0 heterocycles. The average Bonchev–Trinajstić information content (AvgIpc) is 2.41. The van der Waals surface area contributed by atoms with Gasteiger partial charge in [0, 0.05) is 11.8 Å². The molecule has 0 fully saturated rings. The fourth-order valence-electron chi connectivity index (χ4n) is 2.25. The molecule has 0 aromatic heterocycles. The van der Waals surface area contributed by atoms with Crippen LogP contribution in [-0.4, -0.2) is 5.91 Å². The van der Waals surface area contributed by atoms with Gasteiger partial charge in [0.05, 0.1) is 0 Å². The van der Waals surface area contributed by atoms with Crippen LogP contribution in [-0.2, 0) is 4.79 Å². The van der Waals surface area contributed by atoms with E-state index in [0.717, 1.165) is 11.1 Å². The van der Waals surface area contributed by atoms with Crippen molar-refractivity contribution in [3.05, 3.63) is 71.8 Å². The minimum atomic E-state index is -0.271. The van der Waals surface area contributed by atoms with Crippen LogP contribution in [0.4, 0.5) is 0 Å². The molecule has 0 radical (unpaired) electrons. The second-order valence-corrected chi connectivity index (χ2v) is 4.49. The third-order valence-electron chi connectivity index (χ3n) is 3.27. The summed E-state index contributed by atoms with van der Waals surface area (Å²) in [4.78, 5) is 11.5. The summed E-state index contributed by atoms with van der Waals surface area (Å²) in [6.07, 6.45) is 0. The van der Waals surface area contributed by atoms with Gasteiger partial charge in [-0.1, -0.05) is 67.6 Å². The van der Waals surface area contributed by atoms with Gasteiger partial charge < -0.3 is 5.73 Å². The fraction of sp³-hybridized carbons (Fsp3) is 0.188. The lowest BCUT2D eigenvalue weighted by Crippen LogP contribution is -2.27. The number of nitrogens with two attached hydrogens (primary N) is 1. The van der Waals surface area contributed by atoms with Gasteiger partial charge in [-0.05, 0) is 11.1 Å². The Hall–Kier alpha value is -2.09. The SMILES string of the molecule is C[C@H](C(N)=O)C(c1ccccc1)c1ccccc1. The summed E-state index contributed by atoms with van der Waals surface area (Å²) in [6.45, 7) is 1.88. The van der Waals surface area contributed by atoms with Crippen molar-refractivity contribution in [2.75, 3.05) is 0 Å². The van der Waals surface area contributed by atoms with E-state index in [1.165, 1.54) is 0 Å². The number of benzene rings is 2. The van der Waals surface area contributed by atoms with Crippen LogP contribution < -0.4 is 5.73 Å². The first-order valence-electron chi connectivity index (χ1n) is 6.09. The number of hydrogen-bond acceptors (Lipinski definition) is 1. The summed E-state index contributed by atoms with van der Waals surface area (Å²) in [6, 6.07) is 20.0. The Labute approximate surface area is 107 Å². The second-order valence-electron chi connectivity index (χ2n) is 4.49. The van der Waals surface area contributed by atoms with Crippen molar-refractivity contribution in [2.24, 2.45) is 11.7 Å². The number of carbonyl (C=O) groups excluding carboxylic acids is 1. The highest BCUT2D eigenvalue weighted by molar-refractivity contribution is 5.78. The molecule has 2 aromatic rings. The van der Waals surface area contributed by atoms with Gasteiger partial charge in [-0.3, -0.25) is 4.79 Å². The minimum Gasteiger partial charge on any atom is -0.369 e. The van der Waals surface area contributed by atoms with Gasteiger partial charge >= 0.3 is 0 Å². The smallest absolute Gasteiger partial charge is 0.221 e. The Bertz CT molecular complexity index is 468. The Morgan fingerprint density at radius 3 is 1.61 bits per heavy atom. The van der Waals surface area contributed by atoms with E-state index in [-0.39, 0.29) is 17.7 Å². The predicted octanol–water partition coefficient (Wildman–Crippen LogP) is 2.94. The molecule has 0 unspecified atom stereocenters. The highest BCUT2D eigenvalue weighted by Gasteiger charge is 2.24. The number of carbonyl (C=O) groups is 1. The van der Waals surface area contributed by atoms with E-state index in [1.807, 2.05) is 67.6 Å². The van der Waals surface area contributed by atoms with E-state index in [9.17, 15) is 4.79 Å². The molecular weight excluding hydrogens is 222 g/mol. The van der Waals surface area contributed by atoms with Crippen LogP contribution in [0.3, 0.4) is 0 Å². The standard InChI is InChI=1S/C16H17NO/c1-12(16(17)18)15(13-8-4-2-5-9-13)14-10-6-3-7-11-14/h2-12,15H,1H3,(H2,17,18)/t12-/m0/s1. The van der Waals surface area contributed by atoms with Crippen LogP contribution in [0.2, 0.25) is 0 Å². The topological polar surface area (TPSA) is 43.1 Å². The van der Waals surface area contributed by atoms with Gasteiger partial charge in [-0.15, -0.1) is 0 Å². The monoisotopic (exact) mass is 239 g/mol. The Morgan fingerprint density at radius 2 is 1.28 bits per heavy atom. The van der Waals surface area contributed by atoms with Crippen LogP contribution >= 0.6 is 0 Å². The zero-order valence-corrected chi connectivity index (χ0v) is 10.4. The maximum absolute atomic E-state index is 11.5. The maximum Gasteiger partial charge on any atom is 0.221 e. The molecule has 92 valence electrons. The van der Waals surface area contributed by atoms with Crippen molar-refractivity contribution in [2.45, 2.75) is 12.8 Å². The van der Waals surface area contributed by atoms with Gasteiger partial charge in [0.1, 0.15) is 0 Å². The van der Waals surface area contributed by atoms with Gasteiger partial charge in [-0.25, -0.2) is 0 Å². The summed E-state index contributed by atoms with van der Waals surface area (Å²) in [5.41, 5.74) is 7.71. The van der Waals surface area contributed by atoms with E-state index in [0.29, 0.717) is 0 Å². The van der Waals surface area contributed by atoms with Crippen molar-refractivity contribution in [1.29, 1.82) is 0 Å². The molecule has 18 heavy (non-hydrogen) atoms. The molecule has 1 amide bonds. The van der Waals surface area contributed by atoms with Gasteiger partial charge in [0.15, 0.2) is 0 Å². The first kappa shape index (κ1) is 12.4. The summed E-state index contributed by atoms with van der Waals surface area (Å²) in [5, 5.41) is 0. The Kier molecular flexibility index (Phi) is 3.78. The summed E-state index contributed by atoms with van der Waals surface area (Å²) in [5.74, 6) is -0.479. The zero-order chi connectivity index (χ0) is 13.0. The highest BCUT2D eigenvalue weighted by atomic mass is 16.1. The third kappa shape index (κ3) is 2.59. The first-order valence-corrected chi connectivity index (χ1v) is 6.09. The van der Waals surface area contributed by atoms with Crippen LogP contribution in [0.1, 0.15) is 24.0 Å². The van der Waals surface area contributed by atoms with E-state index in [2.05, 4.69) is 0 Å². The molecule has 0 bridgehead atoms. The van der Waals surface area contributed by atoms with Crippen molar-refractivity contribution in [3.8, 4) is 0 Å². The van der Waals surface area contributed by atoms with E-state index in [4.69, 9.17) is 5.73 Å². The van der Waals surface area contributed by atoms with Crippen LogP contribution in [0.25, 0.3) is 0 Å². The van der Waals surface area contributed by atoms with Gasteiger partial charge in [0.25, 0.3) is 0 Å². The fourth-order valence-corrected chi connectivity index (χ4v) is 2.25.